The molecule has 0 spiro atoms. The Balaban J connectivity index is 2.90. The van der Waals surface area contributed by atoms with Crippen molar-refractivity contribution in [3.63, 3.8) is 0 Å². The Hall–Kier alpha value is -1.16. The van der Waals surface area contributed by atoms with Crippen molar-refractivity contribution in [1.29, 1.82) is 0 Å². The van der Waals surface area contributed by atoms with Gasteiger partial charge >= 0.3 is 5.97 Å². The van der Waals surface area contributed by atoms with Crippen LogP contribution < -0.4 is 4.74 Å². The van der Waals surface area contributed by atoms with Gasteiger partial charge in [0.25, 0.3) is 0 Å². The van der Waals surface area contributed by atoms with Crippen molar-refractivity contribution in [2.45, 2.75) is 32.1 Å². The van der Waals surface area contributed by atoms with Crippen molar-refractivity contribution in [1.82, 2.24) is 0 Å². The van der Waals surface area contributed by atoms with Gasteiger partial charge in [-0.25, -0.2) is 0 Å². The first kappa shape index (κ1) is 13.9. The molecule has 17 heavy (non-hydrogen) atoms. The molecule has 0 aliphatic carbocycles. The average Bonchev–Trinajstić information content (AvgIpc) is 2.25. The van der Waals surface area contributed by atoms with Crippen LogP contribution >= 0.6 is 11.8 Å². The predicted molar refractivity (Wildman–Crippen MR) is 70.2 cm³/mol. The molecule has 1 N–H and O–H groups in total. The summed E-state index contributed by atoms with van der Waals surface area (Å²) in [5.41, 5.74) is 3.39. The lowest BCUT2D eigenvalue weighted by atomic mass is 10.1. The second kappa shape index (κ2) is 5.96. The standard InChI is InChI=1S/C13H18O3S/c1-8-7-11(17-6-5-12(14)15)9(2)10(3)13(8)16-4/h7H,5-6H2,1-4H3,(H,14,15). The van der Waals surface area contributed by atoms with Gasteiger partial charge < -0.3 is 9.84 Å². The number of hydrogen-bond acceptors (Lipinski definition) is 3. The maximum Gasteiger partial charge on any atom is 0.304 e. The molecule has 0 fully saturated rings. The molecule has 0 unspecified atom stereocenters. The number of thioether (sulfide) groups is 1. The van der Waals surface area contributed by atoms with E-state index in [4.69, 9.17) is 9.84 Å². The summed E-state index contributed by atoms with van der Waals surface area (Å²) in [5, 5.41) is 8.62. The summed E-state index contributed by atoms with van der Waals surface area (Å²) >= 11 is 1.59. The minimum atomic E-state index is -0.753. The van der Waals surface area contributed by atoms with Crippen molar-refractivity contribution in [3.8, 4) is 5.75 Å². The Morgan fingerprint density at radius 3 is 2.53 bits per heavy atom. The van der Waals surface area contributed by atoms with Crippen LogP contribution in [0.15, 0.2) is 11.0 Å². The molecule has 0 aliphatic rings. The number of ether oxygens (including phenoxy) is 1. The number of carboxylic acids is 1. The molecule has 0 heterocycles. The lowest BCUT2D eigenvalue weighted by molar-refractivity contribution is -0.136. The first-order valence-corrected chi connectivity index (χ1v) is 6.45. The van der Waals surface area contributed by atoms with Crippen LogP contribution in [-0.4, -0.2) is 23.9 Å². The molecule has 1 aromatic carbocycles. The van der Waals surface area contributed by atoms with Crippen LogP contribution in [0.4, 0.5) is 0 Å². The Morgan fingerprint density at radius 2 is 2.00 bits per heavy atom. The molecule has 94 valence electrons. The van der Waals surface area contributed by atoms with Crippen molar-refractivity contribution < 1.29 is 14.6 Å². The van der Waals surface area contributed by atoms with E-state index in [1.807, 2.05) is 20.8 Å². The average molecular weight is 254 g/mol. The molecule has 3 nitrogen and oxygen atoms in total. The lowest BCUT2D eigenvalue weighted by Crippen LogP contribution is -1.98. The van der Waals surface area contributed by atoms with Gasteiger partial charge in [0.05, 0.1) is 13.5 Å². The summed E-state index contributed by atoms with van der Waals surface area (Å²) in [4.78, 5) is 11.6. The molecule has 0 atom stereocenters. The molecule has 0 amide bonds. The summed E-state index contributed by atoms with van der Waals surface area (Å²) in [5.74, 6) is 0.767. The fourth-order valence-corrected chi connectivity index (χ4v) is 2.86. The number of benzene rings is 1. The van der Waals surface area contributed by atoms with Crippen LogP contribution in [0, 0.1) is 20.8 Å². The smallest absolute Gasteiger partial charge is 0.304 e. The van der Waals surface area contributed by atoms with Gasteiger partial charge in [0, 0.05) is 10.6 Å². The highest BCUT2D eigenvalue weighted by atomic mass is 32.2. The maximum absolute atomic E-state index is 10.5. The second-order valence-electron chi connectivity index (χ2n) is 3.97. The third kappa shape index (κ3) is 3.40. The first-order chi connectivity index (χ1) is 7.97. The lowest BCUT2D eigenvalue weighted by Gasteiger charge is -2.15. The van der Waals surface area contributed by atoms with Gasteiger partial charge in [-0.2, -0.15) is 0 Å². The van der Waals surface area contributed by atoms with Crippen LogP contribution in [0.1, 0.15) is 23.1 Å². The molecule has 0 bridgehead atoms. The predicted octanol–water partition coefficient (Wildman–Crippen LogP) is 3.19. The van der Waals surface area contributed by atoms with Gasteiger partial charge in [0.2, 0.25) is 0 Å². The van der Waals surface area contributed by atoms with E-state index in [2.05, 4.69) is 6.07 Å². The molecule has 0 aliphatic heterocycles. The van der Waals surface area contributed by atoms with E-state index in [0.29, 0.717) is 5.75 Å². The topological polar surface area (TPSA) is 46.5 Å². The van der Waals surface area contributed by atoms with Crippen LogP contribution in [0.3, 0.4) is 0 Å². The number of hydrogen-bond donors (Lipinski definition) is 1. The summed E-state index contributed by atoms with van der Waals surface area (Å²) in [7, 11) is 1.67. The molecule has 0 radical (unpaired) electrons. The number of methoxy groups -OCH3 is 1. The van der Waals surface area contributed by atoms with Crippen LogP contribution in [-0.2, 0) is 4.79 Å². The monoisotopic (exact) mass is 254 g/mol. The molecule has 0 aromatic heterocycles. The Morgan fingerprint density at radius 1 is 1.35 bits per heavy atom. The Kier molecular flexibility index (Phi) is 4.87. The number of aliphatic carboxylic acids is 1. The highest BCUT2D eigenvalue weighted by molar-refractivity contribution is 7.99. The third-order valence-corrected chi connectivity index (χ3v) is 3.90. The Bertz CT molecular complexity index is 427. The van der Waals surface area contributed by atoms with Gasteiger partial charge in [0.15, 0.2) is 0 Å². The molecule has 1 rings (SSSR count). The van der Waals surface area contributed by atoms with E-state index in [0.717, 1.165) is 21.8 Å². The third-order valence-electron chi connectivity index (χ3n) is 2.76. The van der Waals surface area contributed by atoms with Gasteiger partial charge in [-0.05, 0) is 43.5 Å². The number of carboxylic acid groups (broad SMARTS) is 1. The van der Waals surface area contributed by atoms with E-state index in [9.17, 15) is 4.79 Å². The van der Waals surface area contributed by atoms with Gasteiger partial charge in [-0.15, -0.1) is 11.8 Å². The fourth-order valence-electron chi connectivity index (χ4n) is 1.73. The molecule has 1 aromatic rings. The number of rotatable bonds is 5. The van der Waals surface area contributed by atoms with Crippen molar-refractivity contribution >= 4 is 17.7 Å². The zero-order chi connectivity index (χ0) is 13.0. The minimum absolute atomic E-state index is 0.189. The highest BCUT2D eigenvalue weighted by Gasteiger charge is 2.11. The van der Waals surface area contributed by atoms with Crippen molar-refractivity contribution in [3.05, 3.63) is 22.8 Å². The van der Waals surface area contributed by atoms with E-state index < -0.39 is 5.97 Å². The second-order valence-corrected chi connectivity index (χ2v) is 5.10. The first-order valence-electron chi connectivity index (χ1n) is 5.46. The van der Waals surface area contributed by atoms with E-state index in [-0.39, 0.29) is 6.42 Å². The molecule has 4 heteroatoms. The normalized spacial score (nSPS) is 10.4. The Labute approximate surface area is 106 Å². The summed E-state index contributed by atoms with van der Waals surface area (Å²) in [6.45, 7) is 6.08. The van der Waals surface area contributed by atoms with Gasteiger partial charge in [-0.3, -0.25) is 4.79 Å². The molecular weight excluding hydrogens is 236 g/mol. The summed E-state index contributed by atoms with van der Waals surface area (Å²) < 4.78 is 5.35. The molecule has 0 saturated heterocycles. The minimum Gasteiger partial charge on any atom is -0.496 e. The SMILES string of the molecule is COc1c(C)cc(SCCC(=O)O)c(C)c1C. The summed E-state index contributed by atoms with van der Waals surface area (Å²) in [6, 6.07) is 2.06. The number of carbonyl (C=O) groups is 1. The highest BCUT2D eigenvalue weighted by Crippen LogP contribution is 2.33. The summed E-state index contributed by atoms with van der Waals surface area (Å²) in [6.07, 6.45) is 0.189. The zero-order valence-electron chi connectivity index (χ0n) is 10.7. The van der Waals surface area contributed by atoms with Crippen LogP contribution in [0.5, 0.6) is 5.75 Å². The molecular formula is C13H18O3S. The van der Waals surface area contributed by atoms with E-state index >= 15 is 0 Å². The van der Waals surface area contributed by atoms with Crippen LogP contribution in [0.25, 0.3) is 0 Å². The van der Waals surface area contributed by atoms with Gasteiger partial charge in [-0.1, -0.05) is 0 Å². The number of aryl methyl sites for hydroxylation is 1. The van der Waals surface area contributed by atoms with Gasteiger partial charge in [0.1, 0.15) is 5.75 Å². The quantitative estimate of drug-likeness (QED) is 0.820. The van der Waals surface area contributed by atoms with E-state index in [1.54, 1.807) is 18.9 Å². The zero-order valence-corrected chi connectivity index (χ0v) is 11.5. The largest absolute Gasteiger partial charge is 0.496 e. The van der Waals surface area contributed by atoms with Crippen LogP contribution in [0.2, 0.25) is 0 Å². The van der Waals surface area contributed by atoms with E-state index in [1.165, 1.54) is 5.56 Å². The van der Waals surface area contributed by atoms with Crippen molar-refractivity contribution in [2.24, 2.45) is 0 Å². The fraction of sp³-hybridized carbons (Fsp3) is 0.462. The molecule has 0 saturated carbocycles. The van der Waals surface area contributed by atoms with Crippen molar-refractivity contribution in [2.75, 3.05) is 12.9 Å². The maximum atomic E-state index is 10.5.